The summed E-state index contributed by atoms with van der Waals surface area (Å²) in [4.78, 5) is 42.0. The fourth-order valence-corrected chi connectivity index (χ4v) is 7.95. The maximum atomic E-state index is 4.27. The first-order valence-electron chi connectivity index (χ1n) is 41.0. The summed E-state index contributed by atoms with van der Waals surface area (Å²) in [6.45, 7) is 102. The summed E-state index contributed by atoms with van der Waals surface area (Å²) in [5, 5.41) is 0. The molecule has 0 spiro atoms. The van der Waals surface area contributed by atoms with Crippen molar-refractivity contribution in [3.63, 3.8) is 0 Å². The molecule has 0 saturated heterocycles. The van der Waals surface area contributed by atoms with Gasteiger partial charge in [-0.25, -0.2) is 0 Å². The van der Waals surface area contributed by atoms with Gasteiger partial charge in [0, 0.05) is 117 Å². The van der Waals surface area contributed by atoms with Gasteiger partial charge in [-0.3, -0.25) is 49.8 Å². The average molecular weight is 1510 g/mol. The molecular weight excluding hydrogens is 1340 g/mol. The molecule has 0 aliphatic rings. The van der Waals surface area contributed by atoms with Gasteiger partial charge in [0.1, 0.15) is 0 Å². The Morgan fingerprint density at radius 3 is 0.582 bits per heavy atom. The lowest BCUT2D eigenvalue weighted by atomic mass is 10.1. The van der Waals surface area contributed by atoms with Crippen LogP contribution in [0.15, 0.2) is 122 Å². The van der Waals surface area contributed by atoms with Gasteiger partial charge >= 0.3 is 0 Å². The quantitative estimate of drug-likeness (QED) is 0.145. The molecule has 0 bridgehead atoms. The standard InChI is InChI=1S/10C8H11N.10C2H6/c2*1-6-4-8(3)9-5-7(6)2;2*1-6-4-7(2)8(3)9-5-6;1-6-4-7(2)9-8(3)5-6;2*1-6-4-5-9-8(3)7(6)2;3*1-6-4-5-7(2)9-8(6)3;10*1-2/h10*4-5H,1-3H3;10*1-2H3. The van der Waals surface area contributed by atoms with Crippen LogP contribution in [0.25, 0.3) is 0 Å². The molecule has 10 aromatic heterocycles. The van der Waals surface area contributed by atoms with Gasteiger partial charge in [-0.2, -0.15) is 0 Å². The topological polar surface area (TPSA) is 129 Å². The molecule has 10 heterocycles. The van der Waals surface area contributed by atoms with E-state index < -0.39 is 0 Å². The Morgan fingerprint density at radius 1 is 0.155 bits per heavy atom. The Morgan fingerprint density at radius 2 is 0.409 bits per heavy atom. The number of rotatable bonds is 0. The first kappa shape index (κ1) is 122. The van der Waals surface area contributed by atoms with Gasteiger partial charge in [0.15, 0.2) is 0 Å². The van der Waals surface area contributed by atoms with Crippen LogP contribution in [0.5, 0.6) is 0 Å². The van der Waals surface area contributed by atoms with Crippen molar-refractivity contribution in [3.8, 4) is 0 Å². The minimum Gasteiger partial charge on any atom is -0.261 e. The Labute approximate surface area is 682 Å². The van der Waals surface area contributed by atoms with E-state index in [1.165, 1.54) is 89.0 Å². The van der Waals surface area contributed by atoms with E-state index in [0.717, 1.165) is 79.7 Å². The average Bonchev–Trinajstić information content (AvgIpc) is 0.899. The lowest BCUT2D eigenvalue weighted by molar-refractivity contribution is 1.09. The Bertz CT molecular complexity index is 3180. The third-order valence-corrected chi connectivity index (χ3v) is 15.1. The molecule has 0 fully saturated rings. The van der Waals surface area contributed by atoms with Crippen molar-refractivity contribution >= 4 is 0 Å². The van der Waals surface area contributed by atoms with Crippen molar-refractivity contribution in [1.82, 2.24) is 49.8 Å². The molecule has 0 aromatic carbocycles. The summed E-state index contributed by atoms with van der Waals surface area (Å²) in [6.07, 6.45) is 11.3. The van der Waals surface area contributed by atoms with E-state index in [4.69, 9.17) is 0 Å². The number of hydrogen-bond acceptors (Lipinski definition) is 10. The SMILES string of the molecule is CC.CC.CC.CC.CC.CC.CC.CC.CC.CC.Cc1cc(C)c(C)cn1.Cc1cc(C)c(C)cn1.Cc1cc(C)nc(C)c1.Cc1ccc(C)c(C)n1.Cc1ccc(C)c(C)n1.Cc1ccc(C)c(C)n1.Cc1ccnc(C)c1C.Cc1ccnc(C)c1C.Cc1cnc(C)c(C)c1.Cc1cnc(C)c(C)c1. The van der Waals surface area contributed by atoms with Gasteiger partial charge in [-0.05, 0) is 351 Å². The Balaban J connectivity index is -0.000000123. The predicted molar refractivity (Wildman–Crippen MR) is 498 cm³/mol. The van der Waals surface area contributed by atoms with Gasteiger partial charge in [-0.1, -0.05) is 169 Å². The summed E-state index contributed by atoms with van der Waals surface area (Å²) >= 11 is 0. The largest absolute Gasteiger partial charge is 0.261 e. The van der Waals surface area contributed by atoms with Gasteiger partial charge in [-0.15, -0.1) is 0 Å². The molecule has 10 aromatic rings. The van der Waals surface area contributed by atoms with Crippen molar-refractivity contribution in [3.05, 3.63) is 291 Å². The van der Waals surface area contributed by atoms with E-state index >= 15 is 0 Å². The van der Waals surface area contributed by atoms with Crippen molar-refractivity contribution in [2.45, 2.75) is 346 Å². The number of aromatic nitrogens is 10. The molecule has 10 rings (SSSR count). The summed E-state index contributed by atoms with van der Waals surface area (Å²) in [5.74, 6) is 0. The van der Waals surface area contributed by atoms with E-state index in [1.807, 2.05) is 303 Å². The number of pyridine rings is 10. The molecule has 10 nitrogen and oxygen atoms in total. The highest BCUT2D eigenvalue weighted by Gasteiger charge is 1.98. The molecular formula is C100H170N10. The normalized spacial score (nSPS) is 8.45. The zero-order valence-corrected chi connectivity index (χ0v) is 81.0. The minimum absolute atomic E-state index is 1.10. The Kier molecular flexibility index (Phi) is 89.1. The summed E-state index contributed by atoms with van der Waals surface area (Å²) < 4.78 is 0. The van der Waals surface area contributed by atoms with Crippen molar-refractivity contribution < 1.29 is 0 Å². The lowest BCUT2D eigenvalue weighted by Gasteiger charge is -1.99. The maximum Gasteiger partial charge on any atom is 0.0404 e. The van der Waals surface area contributed by atoms with E-state index in [9.17, 15) is 0 Å². The van der Waals surface area contributed by atoms with E-state index in [0.29, 0.717) is 0 Å². The van der Waals surface area contributed by atoms with Crippen LogP contribution in [-0.4, -0.2) is 49.8 Å². The lowest BCUT2D eigenvalue weighted by Crippen LogP contribution is -1.87. The summed E-state index contributed by atoms with van der Waals surface area (Å²) in [7, 11) is 0. The van der Waals surface area contributed by atoms with Crippen LogP contribution in [0.2, 0.25) is 0 Å². The van der Waals surface area contributed by atoms with Crippen LogP contribution in [0.4, 0.5) is 0 Å². The van der Waals surface area contributed by atoms with E-state index in [-0.39, 0.29) is 0 Å². The monoisotopic (exact) mass is 1510 g/mol. The second kappa shape index (κ2) is 80.0. The highest BCUT2D eigenvalue weighted by atomic mass is 14.7. The molecule has 0 N–H and O–H groups in total. The molecule has 0 atom stereocenters. The molecule has 0 amide bonds. The smallest absolute Gasteiger partial charge is 0.0404 e. The van der Waals surface area contributed by atoms with Crippen LogP contribution in [0.3, 0.4) is 0 Å². The maximum absolute atomic E-state index is 4.27. The third kappa shape index (κ3) is 64.3. The zero-order chi connectivity index (χ0) is 88.5. The van der Waals surface area contributed by atoms with Crippen LogP contribution in [-0.2, 0) is 0 Å². The van der Waals surface area contributed by atoms with Crippen LogP contribution in [0.1, 0.15) is 307 Å². The first-order chi connectivity index (χ1) is 52.0. The predicted octanol–water partition coefficient (Wildman–Crippen LogP) is 30.3. The van der Waals surface area contributed by atoms with Crippen molar-refractivity contribution in [2.24, 2.45) is 0 Å². The molecule has 10 heteroatoms. The van der Waals surface area contributed by atoms with Gasteiger partial charge in [0.05, 0.1) is 0 Å². The van der Waals surface area contributed by atoms with Gasteiger partial charge in [0.25, 0.3) is 0 Å². The van der Waals surface area contributed by atoms with E-state index in [2.05, 4.69) is 215 Å². The fourth-order valence-electron chi connectivity index (χ4n) is 7.95. The third-order valence-electron chi connectivity index (χ3n) is 15.1. The fraction of sp³-hybridized carbons (Fsp3) is 0.500. The zero-order valence-electron chi connectivity index (χ0n) is 81.0. The Hall–Kier alpha value is -8.50. The highest BCUT2D eigenvalue weighted by molar-refractivity contribution is 5.29. The molecule has 620 valence electrons. The van der Waals surface area contributed by atoms with Gasteiger partial charge < -0.3 is 0 Å². The van der Waals surface area contributed by atoms with Crippen LogP contribution < -0.4 is 0 Å². The molecule has 0 aliphatic heterocycles. The summed E-state index contributed by atoms with van der Waals surface area (Å²) in [5.41, 5.74) is 36.1. The molecule has 110 heavy (non-hydrogen) atoms. The minimum atomic E-state index is 1.10. The molecule has 0 saturated carbocycles. The number of hydrogen-bond donors (Lipinski definition) is 0. The first-order valence-corrected chi connectivity index (χ1v) is 41.0. The van der Waals surface area contributed by atoms with Crippen molar-refractivity contribution in [2.75, 3.05) is 0 Å². The second-order valence-corrected chi connectivity index (χ2v) is 23.8. The second-order valence-electron chi connectivity index (χ2n) is 23.8. The molecule has 0 unspecified atom stereocenters. The summed E-state index contributed by atoms with van der Waals surface area (Å²) in [6, 6.07) is 29.1. The van der Waals surface area contributed by atoms with Crippen LogP contribution in [0, 0.1) is 208 Å². The highest BCUT2D eigenvalue weighted by Crippen LogP contribution is 2.11. The van der Waals surface area contributed by atoms with E-state index in [1.54, 1.807) is 0 Å². The van der Waals surface area contributed by atoms with Crippen molar-refractivity contribution in [1.29, 1.82) is 0 Å². The molecule has 0 radical (unpaired) electrons. The van der Waals surface area contributed by atoms with Crippen LogP contribution >= 0.6 is 0 Å². The van der Waals surface area contributed by atoms with Gasteiger partial charge in [0.2, 0.25) is 0 Å². The number of nitrogens with zero attached hydrogens (tertiary/aromatic N) is 10. The molecule has 0 aliphatic carbocycles. The number of aryl methyl sites for hydroxylation is 28.